The lowest BCUT2D eigenvalue weighted by atomic mass is 10.0. The van der Waals surface area contributed by atoms with Gasteiger partial charge in [0, 0.05) is 12.3 Å². The van der Waals surface area contributed by atoms with E-state index in [1.165, 1.54) is 6.26 Å². The first-order chi connectivity index (χ1) is 6.37. The van der Waals surface area contributed by atoms with Gasteiger partial charge >= 0.3 is 0 Å². The van der Waals surface area contributed by atoms with Crippen molar-refractivity contribution in [2.24, 2.45) is 5.92 Å². The van der Waals surface area contributed by atoms with Crippen LogP contribution in [0.4, 0.5) is 0 Å². The first kappa shape index (κ1) is 13.9. The normalized spacial score (nSPS) is 16.6. The molecule has 4 heteroatoms. The van der Waals surface area contributed by atoms with Gasteiger partial charge in [-0.2, -0.15) is 0 Å². The van der Waals surface area contributed by atoms with Gasteiger partial charge in [-0.1, -0.05) is 20.3 Å². The van der Waals surface area contributed by atoms with Crippen LogP contribution in [0.15, 0.2) is 0 Å². The molecular formula is C10H23NO2S. The van der Waals surface area contributed by atoms with Crippen LogP contribution in [-0.4, -0.2) is 33.0 Å². The van der Waals surface area contributed by atoms with Gasteiger partial charge < -0.3 is 5.32 Å². The average Bonchev–Trinajstić information content (AvgIpc) is 2.09. The van der Waals surface area contributed by atoms with E-state index >= 15 is 0 Å². The first-order valence-corrected chi connectivity index (χ1v) is 7.34. The van der Waals surface area contributed by atoms with E-state index in [-0.39, 0.29) is 5.75 Å². The van der Waals surface area contributed by atoms with E-state index in [1.54, 1.807) is 0 Å². The highest BCUT2D eigenvalue weighted by molar-refractivity contribution is 7.90. The van der Waals surface area contributed by atoms with Crippen LogP contribution in [0.3, 0.4) is 0 Å². The lowest BCUT2D eigenvalue weighted by molar-refractivity contribution is 0.391. The highest BCUT2D eigenvalue weighted by Gasteiger charge is 2.09. The summed E-state index contributed by atoms with van der Waals surface area (Å²) in [6, 6.07) is 0.472. The van der Waals surface area contributed by atoms with Crippen molar-refractivity contribution in [1.29, 1.82) is 0 Å². The quantitative estimate of drug-likeness (QED) is 0.662. The highest BCUT2D eigenvalue weighted by Crippen LogP contribution is 2.06. The highest BCUT2D eigenvalue weighted by atomic mass is 32.2. The molecule has 0 bridgehead atoms. The van der Waals surface area contributed by atoms with Gasteiger partial charge in [-0.05, 0) is 25.8 Å². The largest absolute Gasteiger partial charge is 0.314 e. The molecule has 0 saturated heterocycles. The van der Waals surface area contributed by atoms with Crippen LogP contribution >= 0.6 is 0 Å². The SMILES string of the molecule is CCC(C)C(C)NCCCS(C)(=O)=O. The molecule has 0 aromatic heterocycles. The van der Waals surface area contributed by atoms with E-state index in [9.17, 15) is 8.42 Å². The molecule has 1 N–H and O–H groups in total. The van der Waals surface area contributed by atoms with E-state index in [1.807, 2.05) is 0 Å². The van der Waals surface area contributed by atoms with Crippen molar-refractivity contribution >= 4 is 9.84 Å². The molecule has 0 aliphatic carbocycles. The monoisotopic (exact) mass is 221 g/mol. The van der Waals surface area contributed by atoms with Gasteiger partial charge in [-0.15, -0.1) is 0 Å². The van der Waals surface area contributed by atoms with Crippen LogP contribution in [0.2, 0.25) is 0 Å². The Labute approximate surface area is 88.2 Å². The fourth-order valence-electron chi connectivity index (χ4n) is 1.22. The predicted molar refractivity (Wildman–Crippen MR) is 61.2 cm³/mol. The number of nitrogens with one attached hydrogen (secondary N) is 1. The molecule has 0 aromatic carbocycles. The van der Waals surface area contributed by atoms with Crippen molar-refractivity contribution < 1.29 is 8.42 Å². The summed E-state index contributed by atoms with van der Waals surface area (Å²) >= 11 is 0. The molecule has 14 heavy (non-hydrogen) atoms. The van der Waals surface area contributed by atoms with E-state index in [4.69, 9.17) is 0 Å². The molecular weight excluding hydrogens is 198 g/mol. The fourth-order valence-corrected chi connectivity index (χ4v) is 1.89. The maximum absolute atomic E-state index is 10.8. The van der Waals surface area contributed by atoms with Gasteiger partial charge in [0.2, 0.25) is 0 Å². The van der Waals surface area contributed by atoms with Gasteiger partial charge in [-0.25, -0.2) is 8.42 Å². The number of rotatable bonds is 7. The smallest absolute Gasteiger partial charge is 0.147 e. The van der Waals surface area contributed by atoms with Crippen molar-refractivity contribution in [1.82, 2.24) is 5.32 Å². The molecule has 3 nitrogen and oxygen atoms in total. The zero-order valence-corrected chi connectivity index (χ0v) is 10.5. The lowest BCUT2D eigenvalue weighted by Crippen LogP contribution is -2.33. The Kier molecular flexibility index (Phi) is 6.36. The third-order valence-electron chi connectivity index (χ3n) is 2.66. The second-order valence-electron chi connectivity index (χ2n) is 4.11. The third kappa shape index (κ3) is 7.33. The van der Waals surface area contributed by atoms with Gasteiger partial charge in [0.1, 0.15) is 9.84 Å². The van der Waals surface area contributed by atoms with E-state index in [2.05, 4.69) is 26.1 Å². The molecule has 0 aliphatic heterocycles. The Bertz CT molecular complexity index is 237. The fraction of sp³-hybridized carbons (Fsp3) is 1.00. The standard InChI is InChI=1S/C10H23NO2S/c1-5-9(2)10(3)11-7-6-8-14(4,12)13/h9-11H,5-8H2,1-4H3. The Balaban J connectivity index is 3.55. The predicted octanol–water partition coefficient (Wildman–Crippen LogP) is 1.45. The van der Waals surface area contributed by atoms with Gasteiger partial charge in [0.05, 0.1) is 5.75 Å². The Morgan fingerprint density at radius 2 is 1.86 bits per heavy atom. The van der Waals surface area contributed by atoms with Crippen LogP contribution in [0.5, 0.6) is 0 Å². The van der Waals surface area contributed by atoms with Crippen LogP contribution in [-0.2, 0) is 9.84 Å². The molecule has 0 fully saturated rings. The molecule has 0 amide bonds. The van der Waals surface area contributed by atoms with Gasteiger partial charge in [-0.3, -0.25) is 0 Å². The summed E-state index contributed by atoms with van der Waals surface area (Å²) < 4.78 is 21.7. The summed E-state index contributed by atoms with van der Waals surface area (Å²) in [6.45, 7) is 7.31. The van der Waals surface area contributed by atoms with Crippen molar-refractivity contribution in [2.75, 3.05) is 18.6 Å². The third-order valence-corrected chi connectivity index (χ3v) is 3.69. The summed E-state index contributed by atoms with van der Waals surface area (Å²) in [4.78, 5) is 0. The van der Waals surface area contributed by atoms with Gasteiger partial charge in [0.15, 0.2) is 0 Å². The molecule has 0 aromatic rings. The van der Waals surface area contributed by atoms with Crippen molar-refractivity contribution in [3.05, 3.63) is 0 Å². The van der Waals surface area contributed by atoms with E-state index in [0.29, 0.717) is 18.4 Å². The Hall–Kier alpha value is -0.0900. The first-order valence-electron chi connectivity index (χ1n) is 5.28. The minimum absolute atomic E-state index is 0.285. The van der Waals surface area contributed by atoms with Gasteiger partial charge in [0.25, 0.3) is 0 Å². The number of hydrogen-bond acceptors (Lipinski definition) is 3. The number of sulfone groups is 1. The molecule has 0 heterocycles. The topological polar surface area (TPSA) is 46.2 Å². The maximum atomic E-state index is 10.8. The van der Waals surface area contributed by atoms with Crippen molar-refractivity contribution in [3.8, 4) is 0 Å². The maximum Gasteiger partial charge on any atom is 0.147 e. The van der Waals surface area contributed by atoms with Crippen molar-refractivity contribution in [2.45, 2.75) is 39.7 Å². The average molecular weight is 221 g/mol. The van der Waals surface area contributed by atoms with E-state index < -0.39 is 9.84 Å². The summed E-state index contributed by atoms with van der Waals surface area (Å²) in [5.74, 6) is 0.931. The van der Waals surface area contributed by atoms with E-state index in [0.717, 1.165) is 13.0 Å². The Morgan fingerprint density at radius 1 is 1.29 bits per heavy atom. The minimum atomic E-state index is -2.79. The van der Waals surface area contributed by atoms with Crippen LogP contribution < -0.4 is 5.32 Å². The Morgan fingerprint density at radius 3 is 2.29 bits per heavy atom. The minimum Gasteiger partial charge on any atom is -0.314 e. The molecule has 0 spiro atoms. The summed E-state index contributed by atoms with van der Waals surface area (Å²) in [7, 11) is -2.79. The second kappa shape index (κ2) is 6.40. The second-order valence-corrected chi connectivity index (χ2v) is 6.37. The molecule has 0 aliphatic rings. The summed E-state index contributed by atoms with van der Waals surface area (Å²) in [6.07, 6.45) is 3.14. The molecule has 2 atom stereocenters. The van der Waals surface area contributed by atoms with Crippen molar-refractivity contribution in [3.63, 3.8) is 0 Å². The summed E-state index contributed by atoms with van der Waals surface area (Å²) in [5, 5.41) is 3.34. The molecule has 86 valence electrons. The zero-order chi connectivity index (χ0) is 11.2. The zero-order valence-electron chi connectivity index (χ0n) is 9.71. The summed E-state index contributed by atoms with van der Waals surface area (Å²) in [5.41, 5.74) is 0. The molecule has 0 saturated carbocycles. The van der Waals surface area contributed by atoms with Crippen LogP contribution in [0, 0.1) is 5.92 Å². The van der Waals surface area contributed by atoms with Crippen LogP contribution in [0.1, 0.15) is 33.6 Å². The molecule has 0 radical (unpaired) electrons. The lowest BCUT2D eigenvalue weighted by Gasteiger charge is -2.19. The molecule has 2 unspecified atom stereocenters. The number of hydrogen-bond donors (Lipinski definition) is 1. The van der Waals surface area contributed by atoms with Crippen LogP contribution in [0.25, 0.3) is 0 Å². The molecule has 0 rings (SSSR count).